The maximum Gasteiger partial charge on any atom is 0.00675 e. The quantitative estimate of drug-likeness (QED) is 0.482. The monoisotopic (exact) mass is 242 g/mol. The van der Waals surface area contributed by atoms with Crippen LogP contribution in [-0.2, 0) is 0 Å². The Balaban J connectivity index is 3.45. The third-order valence-corrected chi connectivity index (χ3v) is 3.38. The number of unbranched alkanes of at least 4 members (excludes halogenated alkanes) is 5. The molecule has 0 heterocycles. The van der Waals surface area contributed by atoms with Gasteiger partial charge in [0.05, 0.1) is 0 Å². The molecule has 1 atom stereocenters. The summed E-state index contributed by atoms with van der Waals surface area (Å²) in [6, 6.07) is 0.713. The summed E-state index contributed by atoms with van der Waals surface area (Å²) in [5, 5.41) is 3.71. The van der Waals surface area contributed by atoms with E-state index in [1.165, 1.54) is 64.3 Å². The maximum atomic E-state index is 5.59. The van der Waals surface area contributed by atoms with Crippen molar-refractivity contribution >= 4 is 0 Å². The average Bonchev–Trinajstić information content (AvgIpc) is 2.35. The molecule has 0 radical (unpaired) electrons. The van der Waals surface area contributed by atoms with Gasteiger partial charge in [-0.25, -0.2) is 0 Å². The molecule has 0 fully saturated rings. The smallest absolute Gasteiger partial charge is 0.00675 e. The molecule has 0 amide bonds. The van der Waals surface area contributed by atoms with Crippen LogP contribution in [0.15, 0.2) is 0 Å². The van der Waals surface area contributed by atoms with Crippen LogP contribution in [-0.4, -0.2) is 19.1 Å². The first-order valence-electron chi connectivity index (χ1n) is 7.78. The maximum absolute atomic E-state index is 5.59. The summed E-state index contributed by atoms with van der Waals surface area (Å²) >= 11 is 0. The standard InChI is InChI=1S/C15H34N2/c1-3-5-7-8-9-14-17-15(11-6-4-2)12-10-13-16/h15,17H,3-14,16H2,1-2H3. The van der Waals surface area contributed by atoms with Gasteiger partial charge in [0.1, 0.15) is 0 Å². The van der Waals surface area contributed by atoms with Gasteiger partial charge in [0.15, 0.2) is 0 Å². The van der Waals surface area contributed by atoms with Crippen LogP contribution in [0.25, 0.3) is 0 Å². The first-order valence-corrected chi connectivity index (χ1v) is 7.78. The van der Waals surface area contributed by atoms with E-state index in [4.69, 9.17) is 5.73 Å². The van der Waals surface area contributed by atoms with Gasteiger partial charge in [-0.1, -0.05) is 52.4 Å². The highest BCUT2D eigenvalue weighted by Gasteiger charge is 2.06. The van der Waals surface area contributed by atoms with E-state index in [9.17, 15) is 0 Å². The van der Waals surface area contributed by atoms with Crippen molar-refractivity contribution in [2.75, 3.05) is 13.1 Å². The van der Waals surface area contributed by atoms with E-state index >= 15 is 0 Å². The molecule has 0 aromatic carbocycles. The molecule has 0 rings (SSSR count). The van der Waals surface area contributed by atoms with Crippen LogP contribution in [0.2, 0.25) is 0 Å². The van der Waals surface area contributed by atoms with Gasteiger partial charge in [0, 0.05) is 6.04 Å². The van der Waals surface area contributed by atoms with Crippen molar-refractivity contribution < 1.29 is 0 Å². The zero-order valence-corrected chi connectivity index (χ0v) is 12.1. The molecule has 104 valence electrons. The molecule has 0 aliphatic carbocycles. The first kappa shape index (κ1) is 16.9. The Bertz CT molecular complexity index is 129. The normalized spacial score (nSPS) is 12.9. The van der Waals surface area contributed by atoms with Gasteiger partial charge in [-0.3, -0.25) is 0 Å². The highest BCUT2D eigenvalue weighted by molar-refractivity contribution is 4.67. The van der Waals surface area contributed by atoms with E-state index in [1.54, 1.807) is 0 Å². The molecule has 0 aliphatic heterocycles. The Hall–Kier alpha value is -0.0800. The molecule has 2 heteroatoms. The van der Waals surface area contributed by atoms with Crippen LogP contribution >= 0.6 is 0 Å². The lowest BCUT2D eigenvalue weighted by molar-refractivity contribution is 0.423. The second kappa shape index (κ2) is 14.0. The summed E-state index contributed by atoms with van der Waals surface area (Å²) in [5.74, 6) is 0. The van der Waals surface area contributed by atoms with Crippen LogP contribution in [0.1, 0.15) is 78.1 Å². The predicted octanol–water partition coefficient (Wildman–Crippen LogP) is 3.84. The molecule has 0 aromatic heterocycles. The molecule has 0 spiro atoms. The van der Waals surface area contributed by atoms with Crippen molar-refractivity contribution in [3.63, 3.8) is 0 Å². The van der Waals surface area contributed by atoms with Gasteiger partial charge >= 0.3 is 0 Å². The molecule has 0 saturated heterocycles. The third-order valence-electron chi connectivity index (χ3n) is 3.38. The summed E-state index contributed by atoms with van der Waals surface area (Å²) in [6.07, 6.45) is 13.3. The summed E-state index contributed by atoms with van der Waals surface area (Å²) < 4.78 is 0. The summed E-state index contributed by atoms with van der Waals surface area (Å²) in [4.78, 5) is 0. The number of hydrogen-bond acceptors (Lipinski definition) is 2. The second-order valence-corrected chi connectivity index (χ2v) is 5.14. The minimum absolute atomic E-state index is 0.713. The topological polar surface area (TPSA) is 38.0 Å². The van der Waals surface area contributed by atoms with Gasteiger partial charge < -0.3 is 11.1 Å². The van der Waals surface area contributed by atoms with Gasteiger partial charge in [-0.15, -0.1) is 0 Å². The van der Waals surface area contributed by atoms with E-state index in [0.717, 1.165) is 13.0 Å². The number of rotatable bonds is 13. The lowest BCUT2D eigenvalue weighted by Gasteiger charge is -2.18. The number of nitrogens with one attached hydrogen (secondary N) is 1. The van der Waals surface area contributed by atoms with Gasteiger partial charge in [-0.2, -0.15) is 0 Å². The van der Waals surface area contributed by atoms with Crippen LogP contribution < -0.4 is 11.1 Å². The summed E-state index contributed by atoms with van der Waals surface area (Å²) in [5.41, 5.74) is 5.59. The van der Waals surface area contributed by atoms with E-state index < -0.39 is 0 Å². The lowest BCUT2D eigenvalue weighted by atomic mass is 10.0. The van der Waals surface area contributed by atoms with E-state index in [2.05, 4.69) is 19.2 Å². The van der Waals surface area contributed by atoms with Crippen molar-refractivity contribution in [3.8, 4) is 0 Å². The fourth-order valence-corrected chi connectivity index (χ4v) is 2.20. The Morgan fingerprint density at radius 3 is 2.12 bits per heavy atom. The zero-order valence-electron chi connectivity index (χ0n) is 12.1. The van der Waals surface area contributed by atoms with Crippen molar-refractivity contribution in [3.05, 3.63) is 0 Å². The van der Waals surface area contributed by atoms with Crippen molar-refractivity contribution in [2.24, 2.45) is 5.73 Å². The molecule has 3 N–H and O–H groups in total. The predicted molar refractivity (Wildman–Crippen MR) is 78.4 cm³/mol. The lowest BCUT2D eigenvalue weighted by Crippen LogP contribution is -2.30. The highest BCUT2D eigenvalue weighted by atomic mass is 14.9. The SMILES string of the molecule is CCCCCCCNC(CCCC)CCCN. The van der Waals surface area contributed by atoms with Gasteiger partial charge in [0.25, 0.3) is 0 Å². The minimum atomic E-state index is 0.713. The van der Waals surface area contributed by atoms with Crippen LogP contribution in [0.5, 0.6) is 0 Å². The van der Waals surface area contributed by atoms with Crippen LogP contribution in [0, 0.1) is 0 Å². The number of nitrogens with two attached hydrogens (primary N) is 1. The number of hydrogen-bond donors (Lipinski definition) is 2. The second-order valence-electron chi connectivity index (χ2n) is 5.14. The fourth-order valence-electron chi connectivity index (χ4n) is 2.20. The van der Waals surface area contributed by atoms with Crippen LogP contribution in [0.4, 0.5) is 0 Å². The van der Waals surface area contributed by atoms with Crippen molar-refractivity contribution in [1.82, 2.24) is 5.32 Å². The zero-order chi connectivity index (χ0) is 12.8. The average molecular weight is 242 g/mol. The Kier molecular flexibility index (Phi) is 13.9. The first-order chi connectivity index (χ1) is 8.35. The molecule has 0 bridgehead atoms. The van der Waals surface area contributed by atoms with Gasteiger partial charge in [-0.05, 0) is 38.8 Å². The summed E-state index contributed by atoms with van der Waals surface area (Å²) in [7, 11) is 0. The van der Waals surface area contributed by atoms with E-state index in [-0.39, 0.29) is 0 Å². The molecular weight excluding hydrogens is 208 g/mol. The van der Waals surface area contributed by atoms with Crippen molar-refractivity contribution in [1.29, 1.82) is 0 Å². The van der Waals surface area contributed by atoms with E-state index in [1.807, 2.05) is 0 Å². The molecule has 17 heavy (non-hydrogen) atoms. The minimum Gasteiger partial charge on any atom is -0.330 e. The third kappa shape index (κ3) is 12.2. The molecular formula is C15H34N2. The Morgan fingerprint density at radius 2 is 1.47 bits per heavy atom. The van der Waals surface area contributed by atoms with E-state index in [0.29, 0.717) is 6.04 Å². The molecule has 0 aliphatic rings. The van der Waals surface area contributed by atoms with Gasteiger partial charge in [0.2, 0.25) is 0 Å². The summed E-state index contributed by atoms with van der Waals surface area (Å²) in [6.45, 7) is 6.57. The Labute approximate surface area is 109 Å². The Morgan fingerprint density at radius 1 is 0.824 bits per heavy atom. The molecule has 0 aromatic rings. The fraction of sp³-hybridized carbons (Fsp3) is 1.00. The molecule has 1 unspecified atom stereocenters. The van der Waals surface area contributed by atoms with Crippen molar-refractivity contribution in [2.45, 2.75) is 84.1 Å². The van der Waals surface area contributed by atoms with Crippen LogP contribution in [0.3, 0.4) is 0 Å². The largest absolute Gasteiger partial charge is 0.330 e. The molecule has 0 saturated carbocycles. The molecule has 2 nitrogen and oxygen atoms in total. The highest BCUT2D eigenvalue weighted by Crippen LogP contribution is 2.07.